The summed E-state index contributed by atoms with van der Waals surface area (Å²) in [5, 5.41) is 3.29. The molecule has 1 aromatic carbocycles. The molecule has 1 aliphatic carbocycles. The number of hydrogen-bond acceptors (Lipinski definition) is 1. The predicted molar refractivity (Wildman–Crippen MR) is 64.6 cm³/mol. The van der Waals surface area contributed by atoms with Gasteiger partial charge in [0.15, 0.2) is 11.6 Å². The largest absolute Gasteiger partial charge is 0.313 e. The molecule has 0 radical (unpaired) electrons. The SMILES string of the molecule is Fc1ccc(CNCCC2CCCC2)cc1F. The summed E-state index contributed by atoms with van der Waals surface area (Å²) in [6.07, 6.45) is 6.64. The van der Waals surface area contributed by atoms with Crippen LogP contribution in [-0.4, -0.2) is 6.54 Å². The first kappa shape index (κ1) is 12.5. The maximum Gasteiger partial charge on any atom is 0.159 e. The van der Waals surface area contributed by atoms with Crippen molar-refractivity contribution in [3.63, 3.8) is 0 Å². The van der Waals surface area contributed by atoms with Gasteiger partial charge in [-0.05, 0) is 36.6 Å². The van der Waals surface area contributed by atoms with Gasteiger partial charge in [-0.25, -0.2) is 8.78 Å². The van der Waals surface area contributed by atoms with Gasteiger partial charge in [-0.3, -0.25) is 0 Å². The zero-order chi connectivity index (χ0) is 12.1. The molecule has 17 heavy (non-hydrogen) atoms. The fourth-order valence-corrected chi connectivity index (χ4v) is 2.49. The van der Waals surface area contributed by atoms with Gasteiger partial charge in [-0.15, -0.1) is 0 Å². The highest BCUT2D eigenvalue weighted by Crippen LogP contribution is 2.26. The van der Waals surface area contributed by atoms with Crippen molar-refractivity contribution in [1.82, 2.24) is 5.32 Å². The molecule has 0 aliphatic heterocycles. The highest BCUT2D eigenvalue weighted by Gasteiger charge is 2.13. The highest BCUT2D eigenvalue weighted by atomic mass is 19.2. The summed E-state index contributed by atoms with van der Waals surface area (Å²) in [4.78, 5) is 0. The van der Waals surface area contributed by atoms with Crippen molar-refractivity contribution in [3.05, 3.63) is 35.4 Å². The minimum atomic E-state index is -0.778. The molecule has 0 heterocycles. The topological polar surface area (TPSA) is 12.0 Å². The molecule has 1 saturated carbocycles. The molecule has 1 aliphatic rings. The van der Waals surface area contributed by atoms with Crippen molar-refractivity contribution in [2.75, 3.05) is 6.54 Å². The Kier molecular flexibility index (Phi) is 4.49. The van der Waals surface area contributed by atoms with Crippen LogP contribution in [-0.2, 0) is 6.54 Å². The van der Waals surface area contributed by atoms with Crippen LogP contribution in [0.5, 0.6) is 0 Å². The Labute approximate surface area is 101 Å². The molecule has 0 bridgehead atoms. The fourth-order valence-electron chi connectivity index (χ4n) is 2.49. The number of halogens is 2. The normalized spacial score (nSPS) is 16.6. The molecule has 0 amide bonds. The molecule has 0 spiro atoms. The van der Waals surface area contributed by atoms with Crippen LogP contribution in [0, 0.1) is 17.6 Å². The molecule has 0 atom stereocenters. The van der Waals surface area contributed by atoms with E-state index in [1.165, 1.54) is 44.2 Å². The molecule has 2 rings (SSSR count). The maximum absolute atomic E-state index is 12.9. The third-order valence-corrected chi connectivity index (χ3v) is 3.52. The van der Waals surface area contributed by atoms with Crippen LogP contribution in [0.15, 0.2) is 18.2 Å². The molecule has 94 valence electrons. The van der Waals surface area contributed by atoms with E-state index in [-0.39, 0.29) is 0 Å². The number of benzene rings is 1. The molecule has 0 saturated heterocycles. The standard InChI is InChI=1S/C14H19F2N/c15-13-6-5-12(9-14(13)16)10-17-8-7-11-3-1-2-4-11/h5-6,9,11,17H,1-4,7-8,10H2. The lowest BCUT2D eigenvalue weighted by Gasteiger charge is -2.09. The molecule has 0 aromatic heterocycles. The average molecular weight is 239 g/mol. The van der Waals surface area contributed by atoms with Crippen molar-refractivity contribution in [2.24, 2.45) is 5.92 Å². The quantitative estimate of drug-likeness (QED) is 0.774. The van der Waals surface area contributed by atoms with Crippen LogP contribution >= 0.6 is 0 Å². The average Bonchev–Trinajstić information content (AvgIpc) is 2.82. The fraction of sp³-hybridized carbons (Fsp3) is 0.571. The van der Waals surface area contributed by atoms with E-state index >= 15 is 0 Å². The molecule has 1 N–H and O–H groups in total. The Hall–Kier alpha value is -0.960. The minimum absolute atomic E-state index is 0.615. The third-order valence-electron chi connectivity index (χ3n) is 3.52. The van der Waals surface area contributed by atoms with E-state index in [0.29, 0.717) is 6.54 Å². The molecule has 1 fully saturated rings. The van der Waals surface area contributed by atoms with Crippen LogP contribution in [0.25, 0.3) is 0 Å². The van der Waals surface area contributed by atoms with Gasteiger partial charge in [0.2, 0.25) is 0 Å². The van der Waals surface area contributed by atoms with E-state index in [2.05, 4.69) is 5.32 Å². The van der Waals surface area contributed by atoms with Gasteiger partial charge in [-0.2, -0.15) is 0 Å². The molecule has 3 heteroatoms. The number of nitrogens with one attached hydrogen (secondary N) is 1. The minimum Gasteiger partial charge on any atom is -0.313 e. The molecule has 1 aromatic rings. The predicted octanol–water partition coefficient (Wildman–Crippen LogP) is 3.63. The van der Waals surface area contributed by atoms with E-state index in [1.54, 1.807) is 6.07 Å². The van der Waals surface area contributed by atoms with Gasteiger partial charge in [0.05, 0.1) is 0 Å². The second kappa shape index (κ2) is 6.10. The Morgan fingerprint density at radius 1 is 1.12 bits per heavy atom. The Balaban J connectivity index is 1.68. The highest BCUT2D eigenvalue weighted by molar-refractivity contribution is 5.17. The molecule has 0 unspecified atom stereocenters. The monoisotopic (exact) mass is 239 g/mol. The Morgan fingerprint density at radius 2 is 1.88 bits per heavy atom. The van der Waals surface area contributed by atoms with Gasteiger partial charge in [0, 0.05) is 6.54 Å². The van der Waals surface area contributed by atoms with E-state index in [9.17, 15) is 8.78 Å². The van der Waals surface area contributed by atoms with Gasteiger partial charge in [0.25, 0.3) is 0 Å². The first-order chi connectivity index (χ1) is 8.25. The summed E-state index contributed by atoms with van der Waals surface area (Å²) in [6, 6.07) is 4.07. The van der Waals surface area contributed by atoms with E-state index in [1.807, 2.05) is 0 Å². The second-order valence-electron chi connectivity index (χ2n) is 4.86. The smallest absolute Gasteiger partial charge is 0.159 e. The lowest BCUT2D eigenvalue weighted by Crippen LogP contribution is -2.17. The zero-order valence-electron chi connectivity index (χ0n) is 10.0. The van der Waals surface area contributed by atoms with Crippen molar-refractivity contribution in [3.8, 4) is 0 Å². The number of rotatable bonds is 5. The van der Waals surface area contributed by atoms with Crippen LogP contribution in [0.1, 0.15) is 37.7 Å². The van der Waals surface area contributed by atoms with Gasteiger partial charge in [0.1, 0.15) is 0 Å². The summed E-state index contributed by atoms with van der Waals surface area (Å²) in [6.45, 7) is 1.58. The van der Waals surface area contributed by atoms with Crippen molar-refractivity contribution >= 4 is 0 Å². The third kappa shape index (κ3) is 3.77. The van der Waals surface area contributed by atoms with Gasteiger partial charge in [-0.1, -0.05) is 31.7 Å². The van der Waals surface area contributed by atoms with Crippen LogP contribution in [0.4, 0.5) is 8.78 Å². The maximum atomic E-state index is 12.9. The van der Waals surface area contributed by atoms with Gasteiger partial charge >= 0.3 is 0 Å². The molecule has 1 nitrogen and oxygen atoms in total. The first-order valence-corrected chi connectivity index (χ1v) is 6.40. The zero-order valence-corrected chi connectivity index (χ0v) is 10.0. The van der Waals surface area contributed by atoms with Crippen LogP contribution in [0.3, 0.4) is 0 Å². The summed E-state index contributed by atoms with van der Waals surface area (Å²) in [5.41, 5.74) is 0.801. The van der Waals surface area contributed by atoms with E-state index in [4.69, 9.17) is 0 Å². The van der Waals surface area contributed by atoms with Crippen molar-refractivity contribution in [1.29, 1.82) is 0 Å². The summed E-state index contributed by atoms with van der Waals surface area (Å²) >= 11 is 0. The van der Waals surface area contributed by atoms with E-state index < -0.39 is 11.6 Å². The van der Waals surface area contributed by atoms with Crippen molar-refractivity contribution < 1.29 is 8.78 Å². The lowest BCUT2D eigenvalue weighted by atomic mass is 10.0. The van der Waals surface area contributed by atoms with Crippen molar-refractivity contribution in [2.45, 2.75) is 38.6 Å². The molecular weight excluding hydrogens is 220 g/mol. The Bertz CT molecular complexity index is 359. The second-order valence-corrected chi connectivity index (χ2v) is 4.86. The molecular formula is C14H19F2N. The first-order valence-electron chi connectivity index (χ1n) is 6.40. The lowest BCUT2D eigenvalue weighted by molar-refractivity contribution is 0.475. The van der Waals surface area contributed by atoms with E-state index in [0.717, 1.165) is 18.0 Å². The Morgan fingerprint density at radius 3 is 2.59 bits per heavy atom. The summed E-state index contributed by atoms with van der Waals surface area (Å²) in [7, 11) is 0. The van der Waals surface area contributed by atoms with Crippen LogP contribution < -0.4 is 5.32 Å². The summed E-state index contributed by atoms with van der Waals surface area (Å²) in [5.74, 6) is -0.674. The number of hydrogen-bond donors (Lipinski definition) is 1. The van der Waals surface area contributed by atoms with Gasteiger partial charge < -0.3 is 5.32 Å². The summed E-state index contributed by atoms with van der Waals surface area (Å²) < 4.78 is 25.6. The van der Waals surface area contributed by atoms with Crippen LogP contribution in [0.2, 0.25) is 0 Å².